The zero-order valence-corrected chi connectivity index (χ0v) is 13.3. The van der Waals surface area contributed by atoms with Gasteiger partial charge < -0.3 is 10.2 Å². The van der Waals surface area contributed by atoms with E-state index in [1.54, 1.807) is 4.90 Å². The summed E-state index contributed by atoms with van der Waals surface area (Å²) in [7, 11) is 0. The van der Waals surface area contributed by atoms with Crippen molar-refractivity contribution in [3.05, 3.63) is 35.9 Å². The number of benzene rings is 1. The van der Waals surface area contributed by atoms with E-state index in [4.69, 9.17) is 0 Å². The second-order valence-electron chi connectivity index (χ2n) is 5.25. The maximum absolute atomic E-state index is 12.2. The number of unbranched alkanes of at least 4 members (excludes halogenated alkanes) is 1. The second-order valence-corrected chi connectivity index (χ2v) is 5.25. The van der Waals surface area contributed by atoms with E-state index in [0.29, 0.717) is 13.1 Å². The number of nitrogens with zero attached hydrogens (tertiary/aromatic N) is 1. The summed E-state index contributed by atoms with van der Waals surface area (Å²) in [6.07, 6.45) is 2.79. The van der Waals surface area contributed by atoms with Crippen LogP contribution in [0.2, 0.25) is 0 Å². The largest absolute Gasteiger partial charge is 0.341 e. The van der Waals surface area contributed by atoms with Gasteiger partial charge in [-0.1, -0.05) is 50.6 Å². The van der Waals surface area contributed by atoms with Gasteiger partial charge in [-0.25, -0.2) is 0 Å². The Morgan fingerprint density at radius 1 is 1.10 bits per heavy atom. The van der Waals surface area contributed by atoms with Crippen molar-refractivity contribution in [3.63, 3.8) is 0 Å². The minimum atomic E-state index is -0.518. The molecule has 0 bridgehead atoms. The van der Waals surface area contributed by atoms with E-state index in [0.717, 1.165) is 24.8 Å². The van der Waals surface area contributed by atoms with Crippen LogP contribution in [-0.4, -0.2) is 29.8 Å². The molecular weight excluding hydrogens is 264 g/mol. The first kappa shape index (κ1) is 17.2. The highest BCUT2D eigenvalue weighted by atomic mass is 16.2. The molecule has 4 nitrogen and oxygen atoms in total. The van der Waals surface area contributed by atoms with E-state index in [1.807, 2.05) is 44.2 Å². The van der Waals surface area contributed by atoms with Crippen LogP contribution in [0.1, 0.15) is 51.6 Å². The molecule has 0 radical (unpaired) electrons. The number of carbonyl (C=O) groups is 2. The summed E-state index contributed by atoms with van der Waals surface area (Å²) in [5, 5.41) is 2.78. The summed E-state index contributed by atoms with van der Waals surface area (Å²) in [6, 6.07) is 9.48. The number of amides is 2. The molecule has 0 heterocycles. The van der Waals surface area contributed by atoms with Gasteiger partial charge in [0.1, 0.15) is 0 Å². The molecule has 0 aliphatic carbocycles. The summed E-state index contributed by atoms with van der Waals surface area (Å²) in [6.45, 7) is 7.25. The molecule has 0 spiro atoms. The van der Waals surface area contributed by atoms with Crippen molar-refractivity contribution in [2.45, 2.75) is 46.1 Å². The summed E-state index contributed by atoms with van der Waals surface area (Å²) in [5.74, 6) is -0.941. The number of hydrogen-bond acceptors (Lipinski definition) is 2. The summed E-state index contributed by atoms with van der Waals surface area (Å²) < 4.78 is 0. The lowest BCUT2D eigenvalue weighted by Crippen LogP contribution is -2.44. The fraction of sp³-hybridized carbons (Fsp3) is 0.529. The molecule has 0 aliphatic heterocycles. The van der Waals surface area contributed by atoms with Crippen LogP contribution >= 0.6 is 0 Å². The monoisotopic (exact) mass is 290 g/mol. The molecule has 4 heteroatoms. The normalized spacial score (nSPS) is 11.8. The Kier molecular flexibility index (Phi) is 7.51. The third-order valence-corrected chi connectivity index (χ3v) is 3.40. The molecule has 0 saturated heterocycles. The fourth-order valence-corrected chi connectivity index (χ4v) is 2.16. The molecule has 1 N–H and O–H groups in total. The van der Waals surface area contributed by atoms with Crippen molar-refractivity contribution in [1.82, 2.24) is 10.2 Å². The molecule has 0 aromatic heterocycles. The lowest BCUT2D eigenvalue weighted by atomic mass is 10.1. The minimum Gasteiger partial charge on any atom is -0.341 e. The SMILES string of the molecule is CCCCN(CCC)C(=O)C(=O)NC(C)c1ccccc1. The summed E-state index contributed by atoms with van der Waals surface area (Å²) >= 11 is 0. The molecule has 1 aromatic rings. The first-order valence-electron chi connectivity index (χ1n) is 7.74. The molecule has 0 aliphatic rings. The first-order chi connectivity index (χ1) is 10.1. The third kappa shape index (κ3) is 5.58. The Balaban J connectivity index is 2.61. The third-order valence-electron chi connectivity index (χ3n) is 3.40. The maximum Gasteiger partial charge on any atom is 0.311 e. The topological polar surface area (TPSA) is 49.4 Å². The van der Waals surface area contributed by atoms with E-state index < -0.39 is 11.8 Å². The van der Waals surface area contributed by atoms with Gasteiger partial charge in [0.05, 0.1) is 6.04 Å². The second kappa shape index (κ2) is 9.16. The van der Waals surface area contributed by atoms with Gasteiger partial charge in [-0.05, 0) is 25.3 Å². The quantitative estimate of drug-likeness (QED) is 0.785. The Bertz CT molecular complexity index is 445. The number of nitrogens with one attached hydrogen (secondary N) is 1. The van der Waals surface area contributed by atoms with Gasteiger partial charge in [0.2, 0.25) is 0 Å². The lowest BCUT2D eigenvalue weighted by molar-refractivity contribution is -0.146. The van der Waals surface area contributed by atoms with E-state index >= 15 is 0 Å². The molecule has 1 atom stereocenters. The Hall–Kier alpha value is -1.84. The molecule has 116 valence electrons. The van der Waals surface area contributed by atoms with Gasteiger partial charge in [0.25, 0.3) is 0 Å². The zero-order valence-electron chi connectivity index (χ0n) is 13.3. The van der Waals surface area contributed by atoms with E-state index in [1.165, 1.54) is 0 Å². The Labute approximate surface area is 127 Å². The molecule has 0 saturated carbocycles. The van der Waals surface area contributed by atoms with E-state index in [2.05, 4.69) is 12.2 Å². The van der Waals surface area contributed by atoms with E-state index in [9.17, 15) is 9.59 Å². The van der Waals surface area contributed by atoms with Crippen molar-refractivity contribution in [3.8, 4) is 0 Å². The van der Waals surface area contributed by atoms with Crippen molar-refractivity contribution in [2.24, 2.45) is 0 Å². The smallest absolute Gasteiger partial charge is 0.311 e. The zero-order chi connectivity index (χ0) is 15.7. The standard InChI is InChI=1S/C17H26N2O2/c1-4-6-13-19(12-5-2)17(21)16(20)18-14(3)15-10-8-7-9-11-15/h7-11,14H,4-6,12-13H2,1-3H3,(H,18,20). The van der Waals surface area contributed by atoms with Crippen LogP contribution in [0.25, 0.3) is 0 Å². The first-order valence-corrected chi connectivity index (χ1v) is 7.74. The molecule has 1 rings (SSSR count). The molecular formula is C17H26N2O2. The van der Waals surface area contributed by atoms with Gasteiger partial charge in [-0.2, -0.15) is 0 Å². The molecule has 21 heavy (non-hydrogen) atoms. The van der Waals surface area contributed by atoms with Crippen LogP contribution in [0.3, 0.4) is 0 Å². The number of carbonyl (C=O) groups excluding carboxylic acids is 2. The number of hydrogen-bond donors (Lipinski definition) is 1. The highest BCUT2D eigenvalue weighted by molar-refractivity contribution is 6.35. The van der Waals surface area contributed by atoms with Crippen LogP contribution in [-0.2, 0) is 9.59 Å². The minimum absolute atomic E-state index is 0.169. The Morgan fingerprint density at radius 2 is 1.76 bits per heavy atom. The van der Waals surface area contributed by atoms with Gasteiger partial charge in [-0.15, -0.1) is 0 Å². The van der Waals surface area contributed by atoms with Crippen LogP contribution in [0.5, 0.6) is 0 Å². The van der Waals surface area contributed by atoms with Crippen molar-refractivity contribution >= 4 is 11.8 Å². The van der Waals surface area contributed by atoms with Crippen molar-refractivity contribution < 1.29 is 9.59 Å². The fourth-order valence-electron chi connectivity index (χ4n) is 2.16. The van der Waals surface area contributed by atoms with Gasteiger partial charge in [-0.3, -0.25) is 9.59 Å². The Morgan fingerprint density at radius 3 is 2.33 bits per heavy atom. The van der Waals surface area contributed by atoms with Crippen LogP contribution in [0.15, 0.2) is 30.3 Å². The van der Waals surface area contributed by atoms with Gasteiger partial charge in [0.15, 0.2) is 0 Å². The molecule has 0 fully saturated rings. The van der Waals surface area contributed by atoms with Crippen LogP contribution in [0, 0.1) is 0 Å². The molecule has 1 aromatic carbocycles. The van der Waals surface area contributed by atoms with E-state index in [-0.39, 0.29) is 6.04 Å². The molecule has 1 unspecified atom stereocenters. The average Bonchev–Trinajstić information content (AvgIpc) is 2.51. The van der Waals surface area contributed by atoms with Gasteiger partial charge >= 0.3 is 11.8 Å². The van der Waals surface area contributed by atoms with Crippen molar-refractivity contribution in [1.29, 1.82) is 0 Å². The predicted molar refractivity (Wildman–Crippen MR) is 84.8 cm³/mol. The molecule has 2 amide bonds. The van der Waals surface area contributed by atoms with Crippen LogP contribution in [0.4, 0.5) is 0 Å². The average molecular weight is 290 g/mol. The summed E-state index contributed by atoms with van der Waals surface area (Å²) in [4.78, 5) is 26.0. The predicted octanol–water partition coefficient (Wildman–Crippen LogP) is 2.90. The highest BCUT2D eigenvalue weighted by Gasteiger charge is 2.22. The summed E-state index contributed by atoms with van der Waals surface area (Å²) in [5.41, 5.74) is 0.995. The van der Waals surface area contributed by atoms with Gasteiger partial charge in [0, 0.05) is 13.1 Å². The highest BCUT2D eigenvalue weighted by Crippen LogP contribution is 2.11. The lowest BCUT2D eigenvalue weighted by Gasteiger charge is -2.22. The maximum atomic E-state index is 12.2. The van der Waals surface area contributed by atoms with Crippen LogP contribution < -0.4 is 5.32 Å². The van der Waals surface area contributed by atoms with Crippen molar-refractivity contribution in [2.75, 3.05) is 13.1 Å². The number of rotatable bonds is 7.